The lowest BCUT2D eigenvalue weighted by Gasteiger charge is -2.33. The number of aromatic nitrogens is 2. The molecule has 1 aromatic carbocycles. The third-order valence-corrected chi connectivity index (χ3v) is 4.63. The number of carbonyl (C=O) groups is 1. The zero-order chi connectivity index (χ0) is 18.7. The molecule has 26 heavy (non-hydrogen) atoms. The second-order valence-electron chi connectivity index (χ2n) is 6.78. The van der Waals surface area contributed by atoms with Crippen LogP contribution >= 0.6 is 0 Å². The Hall–Kier alpha value is -2.44. The molecule has 1 aromatic heterocycles. The van der Waals surface area contributed by atoms with Gasteiger partial charge < -0.3 is 14.2 Å². The molecule has 5 nitrogen and oxygen atoms in total. The molecule has 1 atom stereocenters. The largest absolute Gasteiger partial charge is 0.435 e. The van der Waals surface area contributed by atoms with E-state index in [0.717, 1.165) is 18.7 Å². The number of piperidine rings is 1. The Morgan fingerprint density at radius 3 is 2.88 bits per heavy atom. The van der Waals surface area contributed by atoms with Gasteiger partial charge in [0.1, 0.15) is 11.6 Å². The summed E-state index contributed by atoms with van der Waals surface area (Å²) < 4.78 is 31.3. The molecule has 1 fully saturated rings. The topological polar surface area (TPSA) is 47.4 Å². The van der Waals surface area contributed by atoms with Crippen molar-refractivity contribution in [1.29, 1.82) is 0 Å². The second-order valence-corrected chi connectivity index (χ2v) is 6.78. The highest BCUT2D eigenvalue weighted by Gasteiger charge is 2.28. The van der Waals surface area contributed by atoms with Crippen LogP contribution in [0.2, 0.25) is 0 Å². The van der Waals surface area contributed by atoms with Gasteiger partial charge in [-0.1, -0.05) is 6.07 Å². The number of hydrogen-bond donors (Lipinski definition) is 0. The van der Waals surface area contributed by atoms with Crippen molar-refractivity contribution in [2.75, 3.05) is 13.1 Å². The highest BCUT2D eigenvalue weighted by atomic mass is 19.3. The van der Waals surface area contributed by atoms with E-state index in [2.05, 4.69) is 28.1 Å². The summed E-state index contributed by atoms with van der Waals surface area (Å²) in [4.78, 5) is 19.1. The van der Waals surface area contributed by atoms with Crippen LogP contribution in [-0.2, 0) is 0 Å². The van der Waals surface area contributed by atoms with Crippen LogP contribution in [0.1, 0.15) is 54.8 Å². The molecule has 0 saturated carbocycles. The number of alkyl halides is 2. The Morgan fingerprint density at radius 1 is 1.35 bits per heavy atom. The van der Waals surface area contributed by atoms with Gasteiger partial charge in [-0.15, -0.1) is 0 Å². The lowest BCUT2D eigenvalue weighted by molar-refractivity contribution is -0.0499. The summed E-state index contributed by atoms with van der Waals surface area (Å²) >= 11 is 0. The minimum Gasteiger partial charge on any atom is -0.435 e. The molecule has 1 aliphatic heterocycles. The fourth-order valence-electron chi connectivity index (χ4n) is 3.44. The van der Waals surface area contributed by atoms with Gasteiger partial charge in [0.15, 0.2) is 0 Å². The number of imidazole rings is 1. The molecule has 0 spiro atoms. The molecule has 1 saturated heterocycles. The molecule has 3 rings (SSSR count). The van der Waals surface area contributed by atoms with Crippen LogP contribution in [0.3, 0.4) is 0 Å². The monoisotopic (exact) mass is 363 g/mol. The zero-order valence-corrected chi connectivity index (χ0v) is 14.9. The van der Waals surface area contributed by atoms with E-state index < -0.39 is 6.61 Å². The van der Waals surface area contributed by atoms with Gasteiger partial charge in [0.2, 0.25) is 0 Å². The predicted molar refractivity (Wildman–Crippen MR) is 93.6 cm³/mol. The Labute approximate surface area is 151 Å². The molecule has 7 heteroatoms. The first-order chi connectivity index (χ1) is 12.5. The number of halogens is 2. The van der Waals surface area contributed by atoms with Crippen molar-refractivity contribution in [2.45, 2.75) is 45.3 Å². The first-order valence-electron chi connectivity index (χ1n) is 8.82. The van der Waals surface area contributed by atoms with E-state index in [-0.39, 0.29) is 17.6 Å². The smallest absolute Gasteiger partial charge is 0.387 e. The molecule has 0 N–H and O–H groups in total. The minimum absolute atomic E-state index is 0.00485. The average molecular weight is 363 g/mol. The fraction of sp³-hybridized carbons (Fsp3) is 0.474. The van der Waals surface area contributed by atoms with E-state index in [1.165, 1.54) is 12.1 Å². The highest BCUT2D eigenvalue weighted by molar-refractivity contribution is 5.94. The SMILES string of the molecule is CC(C)n1ccnc1[C@H]1CCCN(C(=O)c2cccc(OC(F)F)c2)C1. The van der Waals surface area contributed by atoms with Crippen molar-refractivity contribution in [1.82, 2.24) is 14.5 Å². The van der Waals surface area contributed by atoms with Crippen LogP contribution < -0.4 is 4.74 Å². The molecule has 2 aromatic rings. The minimum atomic E-state index is -2.91. The summed E-state index contributed by atoms with van der Waals surface area (Å²) in [6, 6.07) is 6.27. The Bertz CT molecular complexity index is 761. The number of benzene rings is 1. The van der Waals surface area contributed by atoms with Gasteiger partial charge in [-0.25, -0.2) is 4.98 Å². The lowest BCUT2D eigenvalue weighted by Crippen LogP contribution is -2.39. The summed E-state index contributed by atoms with van der Waals surface area (Å²) in [5.41, 5.74) is 0.357. The van der Waals surface area contributed by atoms with Crippen LogP contribution in [0.5, 0.6) is 5.75 Å². The number of nitrogens with zero attached hydrogens (tertiary/aromatic N) is 3. The van der Waals surface area contributed by atoms with Gasteiger partial charge in [0, 0.05) is 43.0 Å². The normalized spacial score (nSPS) is 17.8. The molecule has 0 aliphatic carbocycles. The molecular weight excluding hydrogens is 340 g/mol. The number of amides is 1. The van der Waals surface area contributed by atoms with E-state index in [1.807, 2.05) is 6.20 Å². The van der Waals surface area contributed by atoms with Crippen LogP contribution in [0.15, 0.2) is 36.7 Å². The molecule has 1 aliphatic rings. The van der Waals surface area contributed by atoms with Gasteiger partial charge in [-0.2, -0.15) is 8.78 Å². The Balaban J connectivity index is 1.75. The van der Waals surface area contributed by atoms with Crippen molar-refractivity contribution < 1.29 is 18.3 Å². The van der Waals surface area contributed by atoms with E-state index in [4.69, 9.17) is 0 Å². The lowest BCUT2D eigenvalue weighted by atomic mass is 9.96. The fourth-order valence-corrected chi connectivity index (χ4v) is 3.44. The molecule has 0 unspecified atom stereocenters. The summed E-state index contributed by atoms with van der Waals surface area (Å²) in [6.07, 6.45) is 5.61. The number of hydrogen-bond acceptors (Lipinski definition) is 3. The molecule has 140 valence electrons. The number of likely N-dealkylation sites (tertiary alicyclic amines) is 1. The first-order valence-corrected chi connectivity index (χ1v) is 8.82. The maximum atomic E-state index is 12.8. The van der Waals surface area contributed by atoms with Crippen LogP contribution in [0.25, 0.3) is 0 Å². The van der Waals surface area contributed by atoms with E-state index >= 15 is 0 Å². The molecule has 0 bridgehead atoms. The number of ether oxygens (including phenoxy) is 1. The zero-order valence-electron chi connectivity index (χ0n) is 14.9. The maximum Gasteiger partial charge on any atom is 0.387 e. The number of rotatable bonds is 5. The van der Waals surface area contributed by atoms with Crippen LogP contribution in [0.4, 0.5) is 8.78 Å². The van der Waals surface area contributed by atoms with Gasteiger partial charge in [0.05, 0.1) is 0 Å². The molecular formula is C19H23F2N3O2. The van der Waals surface area contributed by atoms with Crippen molar-refractivity contribution in [3.63, 3.8) is 0 Å². The summed E-state index contributed by atoms with van der Waals surface area (Å²) in [7, 11) is 0. The summed E-state index contributed by atoms with van der Waals surface area (Å²) in [5, 5.41) is 0. The van der Waals surface area contributed by atoms with Crippen molar-refractivity contribution >= 4 is 5.91 Å². The van der Waals surface area contributed by atoms with E-state index in [1.54, 1.807) is 23.2 Å². The maximum absolute atomic E-state index is 12.8. The van der Waals surface area contributed by atoms with Crippen molar-refractivity contribution in [2.24, 2.45) is 0 Å². The molecule has 0 radical (unpaired) electrons. The Kier molecular flexibility index (Phi) is 5.54. The van der Waals surface area contributed by atoms with E-state index in [9.17, 15) is 13.6 Å². The standard InChI is InChI=1S/C19H23F2N3O2/c1-13(2)24-10-8-22-17(24)15-6-4-9-23(12-15)18(25)14-5-3-7-16(11-14)26-19(20)21/h3,5,7-8,10-11,13,15,19H,4,6,9,12H2,1-2H3/t15-/m0/s1. The third kappa shape index (κ3) is 4.03. The molecule has 1 amide bonds. The van der Waals surface area contributed by atoms with E-state index in [0.29, 0.717) is 24.7 Å². The predicted octanol–water partition coefficient (Wildman–Crippen LogP) is 4.09. The van der Waals surface area contributed by atoms with Crippen molar-refractivity contribution in [3.05, 3.63) is 48.0 Å². The first kappa shape index (κ1) is 18.4. The molecule has 2 heterocycles. The third-order valence-electron chi connectivity index (χ3n) is 4.63. The van der Waals surface area contributed by atoms with Gasteiger partial charge >= 0.3 is 6.61 Å². The van der Waals surface area contributed by atoms with Crippen molar-refractivity contribution in [3.8, 4) is 5.75 Å². The van der Waals surface area contributed by atoms with Gasteiger partial charge in [-0.05, 0) is 44.9 Å². The second kappa shape index (κ2) is 7.85. The highest BCUT2D eigenvalue weighted by Crippen LogP contribution is 2.28. The van der Waals surface area contributed by atoms with Gasteiger partial charge in [0.25, 0.3) is 5.91 Å². The average Bonchev–Trinajstić information content (AvgIpc) is 3.11. The quantitative estimate of drug-likeness (QED) is 0.804. The summed E-state index contributed by atoms with van der Waals surface area (Å²) in [5.74, 6) is 0.990. The number of carbonyl (C=O) groups excluding carboxylic acids is 1. The van der Waals surface area contributed by atoms with Crippen LogP contribution in [-0.4, -0.2) is 40.1 Å². The summed E-state index contributed by atoms with van der Waals surface area (Å²) in [6.45, 7) is 2.52. The Morgan fingerprint density at radius 2 is 2.15 bits per heavy atom. The van der Waals surface area contributed by atoms with Gasteiger partial charge in [-0.3, -0.25) is 4.79 Å². The van der Waals surface area contributed by atoms with Crippen LogP contribution in [0, 0.1) is 0 Å².